The van der Waals surface area contributed by atoms with Crippen LogP contribution >= 0.6 is 0 Å². The fraction of sp³-hybridized carbons (Fsp3) is 0.562. The van der Waals surface area contributed by atoms with Crippen LogP contribution in [0.2, 0.25) is 0 Å². The van der Waals surface area contributed by atoms with Gasteiger partial charge in [0.05, 0.1) is 0 Å². The van der Waals surface area contributed by atoms with Crippen LogP contribution in [0.15, 0.2) is 24.3 Å². The first kappa shape index (κ1) is 15.7. The highest BCUT2D eigenvalue weighted by Crippen LogP contribution is 2.22. The summed E-state index contributed by atoms with van der Waals surface area (Å²) in [5.41, 5.74) is 2.54. The van der Waals surface area contributed by atoms with E-state index in [-0.39, 0.29) is 11.3 Å². The molecule has 0 aliphatic heterocycles. The molecule has 0 aromatic heterocycles. The molecule has 1 atom stereocenters. The summed E-state index contributed by atoms with van der Waals surface area (Å²) in [7, 11) is 0. The number of rotatable bonds is 5. The van der Waals surface area contributed by atoms with Crippen molar-refractivity contribution >= 4 is 5.97 Å². The minimum Gasteiger partial charge on any atom is -0.480 e. The summed E-state index contributed by atoms with van der Waals surface area (Å²) < 4.78 is 0. The van der Waals surface area contributed by atoms with E-state index in [1.807, 2.05) is 13.8 Å². The first-order chi connectivity index (χ1) is 8.71. The van der Waals surface area contributed by atoms with Gasteiger partial charge in [0.15, 0.2) is 0 Å². The zero-order chi connectivity index (χ0) is 14.6. The molecule has 0 bridgehead atoms. The Morgan fingerprint density at radius 3 is 2.11 bits per heavy atom. The van der Waals surface area contributed by atoms with E-state index < -0.39 is 12.0 Å². The number of aliphatic carboxylic acids is 1. The summed E-state index contributed by atoms with van der Waals surface area (Å²) in [5, 5.41) is 12.2. The molecule has 2 N–H and O–H groups in total. The first-order valence-electron chi connectivity index (χ1n) is 6.77. The molecule has 0 saturated carbocycles. The van der Waals surface area contributed by atoms with Crippen LogP contribution in [-0.2, 0) is 16.8 Å². The third-order valence-corrected chi connectivity index (χ3v) is 3.28. The number of carboxylic acids is 1. The van der Waals surface area contributed by atoms with Gasteiger partial charge in [-0.2, -0.15) is 0 Å². The smallest absolute Gasteiger partial charge is 0.320 e. The van der Waals surface area contributed by atoms with E-state index in [1.165, 1.54) is 5.56 Å². The van der Waals surface area contributed by atoms with Gasteiger partial charge in [-0.1, -0.05) is 58.9 Å². The van der Waals surface area contributed by atoms with E-state index in [9.17, 15) is 4.79 Å². The van der Waals surface area contributed by atoms with Gasteiger partial charge in [-0.3, -0.25) is 4.79 Å². The second-order valence-corrected chi connectivity index (χ2v) is 6.39. The average Bonchev–Trinajstić information content (AvgIpc) is 2.27. The van der Waals surface area contributed by atoms with E-state index in [1.54, 1.807) is 0 Å². The standard InChI is InChI=1S/C16H25NO2/c1-11(2)14(15(18)19)17-10-12-6-8-13(9-7-12)16(3,4)5/h6-9,11,14,17H,10H2,1-5H3,(H,18,19)/t14-/m0/s1. The largest absolute Gasteiger partial charge is 0.480 e. The van der Waals surface area contributed by atoms with Crippen molar-refractivity contribution in [1.82, 2.24) is 5.32 Å². The molecule has 0 radical (unpaired) electrons. The van der Waals surface area contributed by atoms with Gasteiger partial charge in [0, 0.05) is 6.54 Å². The topological polar surface area (TPSA) is 49.3 Å². The van der Waals surface area contributed by atoms with Crippen LogP contribution in [0.25, 0.3) is 0 Å². The quantitative estimate of drug-likeness (QED) is 0.857. The van der Waals surface area contributed by atoms with Crippen LogP contribution < -0.4 is 5.32 Å². The van der Waals surface area contributed by atoms with Gasteiger partial charge in [0.25, 0.3) is 0 Å². The Bertz CT molecular complexity index is 415. The van der Waals surface area contributed by atoms with Crippen LogP contribution in [0.4, 0.5) is 0 Å². The predicted octanol–water partition coefficient (Wildman–Crippen LogP) is 3.18. The molecule has 0 unspecified atom stereocenters. The fourth-order valence-corrected chi connectivity index (χ4v) is 1.96. The molecule has 0 saturated heterocycles. The Labute approximate surface area is 116 Å². The van der Waals surface area contributed by atoms with E-state index in [2.05, 4.69) is 50.4 Å². The molecule has 1 aromatic rings. The predicted molar refractivity (Wildman–Crippen MR) is 78.2 cm³/mol. The van der Waals surface area contributed by atoms with Gasteiger partial charge in [-0.25, -0.2) is 0 Å². The summed E-state index contributed by atoms with van der Waals surface area (Å²) >= 11 is 0. The first-order valence-corrected chi connectivity index (χ1v) is 6.77. The number of carbonyl (C=O) groups is 1. The Morgan fingerprint density at radius 1 is 1.21 bits per heavy atom. The molecule has 0 amide bonds. The number of benzene rings is 1. The van der Waals surface area contributed by atoms with Crippen molar-refractivity contribution in [3.63, 3.8) is 0 Å². The van der Waals surface area contributed by atoms with Crippen LogP contribution in [0.5, 0.6) is 0 Å². The van der Waals surface area contributed by atoms with Crippen molar-refractivity contribution in [1.29, 1.82) is 0 Å². The number of nitrogens with one attached hydrogen (secondary N) is 1. The molecule has 3 nitrogen and oxygen atoms in total. The monoisotopic (exact) mass is 263 g/mol. The number of hydrogen-bond acceptors (Lipinski definition) is 2. The lowest BCUT2D eigenvalue weighted by Crippen LogP contribution is -2.40. The molecule has 0 aliphatic rings. The maximum atomic E-state index is 11.1. The van der Waals surface area contributed by atoms with Crippen molar-refractivity contribution in [3.05, 3.63) is 35.4 Å². The van der Waals surface area contributed by atoms with E-state index >= 15 is 0 Å². The Hall–Kier alpha value is -1.35. The van der Waals surface area contributed by atoms with Crippen molar-refractivity contribution in [3.8, 4) is 0 Å². The van der Waals surface area contributed by atoms with Gasteiger partial charge < -0.3 is 10.4 Å². The molecular weight excluding hydrogens is 238 g/mol. The van der Waals surface area contributed by atoms with Crippen LogP contribution in [0.3, 0.4) is 0 Å². The molecule has 3 heteroatoms. The molecule has 1 rings (SSSR count). The maximum Gasteiger partial charge on any atom is 0.320 e. The summed E-state index contributed by atoms with van der Waals surface area (Å²) in [6.45, 7) is 10.9. The van der Waals surface area contributed by atoms with Crippen molar-refractivity contribution in [2.45, 2.75) is 52.6 Å². The minimum atomic E-state index is -0.790. The van der Waals surface area contributed by atoms with Gasteiger partial charge in [-0.05, 0) is 22.5 Å². The summed E-state index contributed by atoms with van der Waals surface area (Å²) in [5.74, 6) is -0.715. The van der Waals surface area contributed by atoms with Crippen LogP contribution in [-0.4, -0.2) is 17.1 Å². The fourth-order valence-electron chi connectivity index (χ4n) is 1.96. The third-order valence-electron chi connectivity index (χ3n) is 3.28. The van der Waals surface area contributed by atoms with Crippen LogP contribution in [0.1, 0.15) is 45.7 Å². The minimum absolute atomic E-state index is 0.0753. The normalized spacial score (nSPS) is 13.6. The molecule has 0 spiro atoms. The van der Waals surface area contributed by atoms with Crippen molar-refractivity contribution < 1.29 is 9.90 Å². The lowest BCUT2D eigenvalue weighted by molar-refractivity contribution is -0.140. The summed E-state index contributed by atoms with van der Waals surface area (Å²) in [6.07, 6.45) is 0. The lowest BCUT2D eigenvalue weighted by Gasteiger charge is -2.20. The van der Waals surface area contributed by atoms with Gasteiger partial charge in [0.1, 0.15) is 6.04 Å². The highest BCUT2D eigenvalue weighted by Gasteiger charge is 2.20. The van der Waals surface area contributed by atoms with E-state index in [0.29, 0.717) is 6.54 Å². The van der Waals surface area contributed by atoms with Crippen LogP contribution in [0, 0.1) is 5.92 Å². The maximum absolute atomic E-state index is 11.1. The Morgan fingerprint density at radius 2 is 1.74 bits per heavy atom. The molecule has 0 fully saturated rings. The molecule has 1 aromatic carbocycles. The molecule has 0 heterocycles. The molecule has 0 aliphatic carbocycles. The Balaban J connectivity index is 2.66. The highest BCUT2D eigenvalue weighted by molar-refractivity contribution is 5.73. The lowest BCUT2D eigenvalue weighted by atomic mass is 9.87. The summed E-state index contributed by atoms with van der Waals surface area (Å²) in [6, 6.07) is 7.85. The number of hydrogen-bond donors (Lipinski definition) is 2. The SMILES string of the molecule is CC(C)[C@H](NCc1ccc(C(C)(C)C)cc1)C(=O)O. The van der Waals surface area contributed by atoms with E-state index in [0.717, 1.165) is 5.56 Å². The van der Waals surface area contributed by atoms with Gasteiger partial charge in [0.2, 0.25) is 0 Å². The average molecular weight is 263 g/mol. The molecule has 106 valence electrons. The molecular formula is C16H25NO2. The van der Waals surface area contributed by atoms with Gasteiger partial charge >= 0.3 is 5.97 Å². The van der Waals surface area contributed by atoms with Crippen molar-refractivity contribution in [2.75, 3.05) is 0 Å². The second kappa shape index (κ2) is 6.20. The zero-order valence-electron chi connectivity index (χ0n) is 12.5. The molecule has 19 heavy (non-hydrogen) atoms. The highest BCUT2D eigenvalue weighted by atomic mass is 16.4. The summed E-state index contributed by atoms with van der Waals surface area (Å²) in [4.78, 5) is 11.1. The number of carboxylic acid groups (broad SMARTS) is 1. The second-order valence-electron chi connectivity index (χ2n) is 6.39. The van der Waals surface area contributed by atoms with Crippen molar-refractivity contribution in [2.24, 2.45) is 5.92 Å². The third kappa shape index (κ3) is 4.67. The van der Waals surface area contributed by atoms with E-state index in [4.69, 9.17) is 5.11 Å². The van der Waals surface area contributed by atoms with Gasteiger partial charge in [-0.15, -0.1) is 0 Å². The zero-order valence-corrected chi connectivity index (χ0v) is 12.5. The Kier molecular flexibility index (Phi) is 5.12.